The van der Waals surface area contributed by atoms with Gasteiger partial charge in [-0.1, -0.05) is 0 Å². The van der Waals surface area contributed by atoms with E-state index in [2.05, 4.69) is 5.32 Å². The minimum atomic E-state index is -0.296. The molecule has 0 aliphatic rings. The first-order chi connectivity index (χ1) is 13.0. The van der Waals surface area contributed by atoms with Gasteiger partial charge in [-0.2, -0.15) is 0 Å². The van der Waals surface area contributed by atoms with Gasteiger partial charge in [0, 0.05) is 24.5 Å². The van der Waals surface area contributed by atoms with Crippen molar-refractivity contribution >= 4 is 17.4 Å². The second kappa shape index (κ2) is 9.47. The number of methoxy groups -OCH3 is 4. The summed E-state index contributed by atoms with van der Waals surface area (Å²) in [5.41, 5.74) is 0.944. The molecule has 0 heterocycles. The van der Waals surface area contributed by atoms with Crippen molar-refractivity contribution in [1.29, 1.82) is 0 Å². The van der Waals surface area contributed by atoms with Crippen molar-refractivity contribution in [2.24, 2.45) is 0 Å². The summed E-state index contributed by atoms with van der Waals surface area (Å²) >= 11 is 0. The van der Waals surface area contributed by atoms with Gasteiger partial charge in [0.05, 0.1) is 34.1 Å². The van der Waals surface area contributed by atoms with Crippen LogP contribution < -0.4 is 24.3 Å². The Morgan fingerprint density at radius 3 is 2.07 bits per heavy atom. The zero-order chi connectivity index (χ0) is 19.8. The molecule has 0 radical (unpaired) electrons. The molecule has 144 valence electrons. The Hall–Kier alpha value is -3.22. The van der Waals surface area contributed by atoms with E-state index in [9.17, 15) is 9.59 Å². The summed E-state index contributed by atoms with van der Waals surface area (Å²) < 4.78 is 20.7. The molecule has 0 fully saturated rings. The van der Waals surface area contributed by atoms with E-state index in [1.165, 1.54) is 28.4 Å². The predicted octanol–water partition coefficient (Wildman–Crippen LogP) is 3.32. The summed E-state index contributed by atoms with van der Waals surface area (Å²) in [5, 5.41) is 2.74. The van der Waals surface area contributed by atoms with E-state index in [0.717, 1.165) is 0 Å². The summed E-state index contributed by atoms with van der Waals surface area (Å²) in [6, 6.07) is 10.00. The fourth-order valence-corrected chi connectivity index (χ4v) is 2.51. The van der Waals surface area contributed by atoms with Gasteiger partial charge in [0.2, 0.25) is 5.91 Å². The number of Topliss-reactive ketones (excluding diaryl/α,β-unsaturated/α-hetero) is 1. The normalized spacial score (nSPS) is 10.1. The quantitative estimate of drug-likeness (QED) is 0.679. The van der Waals surface area contributed by atoms with Crippen LogP contribution in [0.25, 0.3) is 0 Å². The zero-order valence-electron chi connectivity index (χ0n) is 15.8. The Kier molecular flexibility index (Phi) is 7.05. The van der Waals surface area contributed by atoms with Crippen LogP contribution in [-0.4, -0.2) is 40.1 Å². The Morgan fingerprint density at radius 2 is 1.44 bits per heavy atom. The number of rotatable bonds is 9. The lowest BCUT2D eigenvalue weighted by Gasteiger charge is -2.12. The Bertz CT molecular complexity index is 818. The van der Waals surface area contributed by atoms with E-state index in [1.54, 1.807) is 36.4 Å². The Balaban J connectivity index is 2.00. The van der Waals surface area contributed by atoms with Gasteiger partial charge in [-0.15, -0.1) is 0 Å². The second-order valence-electron chi connectivity index (χ2n) is 5.61. The molecule has 0 aliphatic heterocycles. The van der Waals surface area contributed by atoms with Crippen molar-refractivity contribution in [3.63, 3.8) is 0 Å². The third kappa shape index (κ3) is 5.13. The van der Waals surface area contributed by atoms with E-state index in [0.29, 0.717) is 34.2 Å². The number of benzene rings is 2. The highest BCUT2D eigenvalue weighted by Gasteiger charge is 2.14. The molecule has 0 spiro atoms. The molecule has 0 atom stereocenters. The lowest BCUT2D eigenvalue weighted by atomic mass is 10.1. The van der Waals surface area contributed by atoms with Gasteiger partial charge in [0.15, 0.2) is 17.3 Å². The molecule has 7 nitrogen and oxygen atoms in total. The van der Waals surface area contributed by atoms with Crippen LogP contribution in [0.4, 0.5) is 5.69 Å². The number of amides is 1. The number of carbonyl (C=O) groups excluding carboxylic acids is 2. The lowest BCUT2D eigenvalue weighted by Crippen LogP contribution is -2.14. The van der Waals surface area contributed by atoms with Crippen molar-refractivity contribution in [2.75, 3.05) is 33.8 Å². The van der Waals surface area contributed by atoms with Crippen LogP contribution in [0.3, 0.4) is 0 Å². The van der Waals surface area contributed by atoms with Crippen molar-refractivity contribution in [2.45, 2.75) is 12.8 Å². The number of anilines is 1. The third-order valence-electron chi connectivity index (χ3n) is 3.97. The zero-order valence-corrected chi connectivity index (χ0v) is 15.8. The maximum atomic E-state index is 12.4. The summed E-state index contributed by atoms with van der Waals surface area (Å²) in [7, 11) is 6.07. The number of hydrogen-bond donors (Lipinski definition) is 1. The number of nitrogens with one attached hydrogen (secondary N) is 1. The Morgan fingerprint density at radius 1 is 0.778 bits per heavy atom. The van der Waals surface area contributed by atoms with Gasteiger partial charge in [-0.3, -0.25) is 9.59 Å². The predicted molar refractivity (Wildman–Crippen MR) is 101 cm³/mol. The summed E-state index contributed by atoms with van der Waals surface area (Å²) in [5.74, 6) is 1.65. The number of ketones is 1. The molecule has 7 heteroatoms. The van der Waals surface area contributed by atoms with Gasteiger partial charge in [-0.05, 0) is 30.3 Å². The van der Waals surface area contributed by atoms with Gasteiger partial charge in [-0.25, -0.2) is 0 Å². The van der Waals surface area contributed by atoms with Crippen molar-refractivity contribution in [3.05, 3.63) is 42.0 Å². The smallest absolute Gasteiger partial charge is 0.224 e. The van der Waals surface area contributed by atoms with Crippen LogP contribution >= 0.6 is 0 Å². The molecule has 0 bridgehead atoms. The van der Waals surface area contributed by atoms with Crippen LogP contribution in [-0.2, 0) is 4.79 Å². The third-order valence-corrected chi connectivity index (χ3v) is 3.97. The fraction of sp³-hybridized carbons (Fsp3) is 0.300. The average Bonchev–Trinajstić information content (AvgIpc) is 2.71. The molecule has 0 unspecified atom stereocenters. The summed E-state index contributed by atoms with van der Waals surface area (Å²) in [6.45, 7) is 0. The minimum absolute atomic E-state index is 0.0353. The van der Waals surface area contributed by atoms with Gasteiger partial charge < -0.3 is 24.3 Å². The maximum Gasteiger partial charge on any atom is 0.224 e. The molecule has 1 N–H and O–H groups in total. The van der Waals surface area contributed by atoms with Crippen LogP contribution in [0, 0.1) is 0 Å². The van der Waals surface area contributed by atoms with E-state index >= 15 is 0 Å². The SMILES string of the molecule is COc1ccc(OC)c(NC(=O)CCC(=O)c2ccc(OC)c(OC)c2)c1. The molecule has 2 rings (SSSR count). The van der Waals surface area contributed by atoms with Crippen LogP contribution in [0.1, 0.15) is 23.2 Å². The van der Waals surface area contributed by atoms with E-state index in [-0.39, 0.29) is 24.5 Å². The van der Waals surface area contributed by atoms with Gasteiger partial charge in [0.25, 0.3) is 0 Å². The van der Waals surface area contributed by atoms with Crippen LogP contribution in [0.15, 0.2) is 36.4 Å². The first-order valence-corrected chi connectivity index (χ1v) is 8.29. The average molecular weight is 373 g/mol. The largest absolute Gasteiger partial charge is 0.497 e. The highest BCUT2D eigenvalue weighted by molar-refractivity contribution is 6.00. The summed E-state index contributed by atoms with van der Waals surface area (Å²) in [6.07, 6.45) is 0.0984. The van der Waals surface area contributed by atoms with E-state index < -0.39 is 0 Å². The lowest BCUT2D eigenvalue weighted by molar-refractivity contribution is -0.116. The highest BCUT2D eigenvalue weighted by Crippen LogP contribution is 2.30. The molecule has 1 amide bonds. The van der Waals surface area contributed by atoms with Gasteiger partial charge >= 0.3 is 0 Å². The minimum Gasteiger partial charge on any atom is -0.497 e. The number of carbonyl (C=O) groups is 2. The molecule has 2 aromatic rings. The molecule has 0 aliphatic carbocycles. The van der Waals surface area contributed by atoms with Crippen LogP contribution in [0.2, 0.25) is 0 Å². The van der Waals surface area contributed by atoms with Crippen molar-refractivity contribution in [1.82, 2.24) is 0 Å². The first kappa shape index (κ1) is 20.1. The maximum absolute atomic E-state index is 12.4. The van der Waals surface area contributed by atoms with Gasteiger partial charge in [0.1, 0.15) is 11.5 Å². The molecule has 0 aromatic heterocycles. The topological polar surface area (TPSA) is 83.1 Å². The molecular formula is C20H23NO6. The number of ether oxygens (including phenoxy) is 4. The number of hydrogen-bond acceptors (Lipinski definition) is 6. The standard InChI is InChI=1S/C20H23NO6/c1-24-14-6-9-17(25-2)15(12-14)21-20(23)10-7-16(22)13-5-8-18(26-3)19(11-13)27-4/h5-6,8-9,11-12H,7,10H2,1-4H3,(H,21,23). The monoisotopic (exact) mass is 373 g/mol. The molecule has 0 saturated carbocycles. The second-order valence-corrected chi connectivity index (χ2v) is 5.61. The van der Waals surface area contributed by atoms with Crippen molar-refractivity contribution in [3.8, 4) is 23.0 Å². The molecule has 2 aromatic carbocycles. The van der Waals surface area contributed by atoms with E-state index in [1.807, 2.05) is 0 Å². The fourth-order valence-electron chi connectivity index (χ4n) is 2.51. The van der Waals surface area contributed by atoms with Crippen molar-refractivity contribution < 1.29 is 28.5 Å². The molecule has 27 heavy (non-hydrogen) atoms. The Labute approximate surface area is 158 Å². The highest BCUT2D eigenvalue weighted by atomic mass is 16.5. The van der Waals surface area contributed by atoms with E-state index in [4.69, 9.17) is 18.9 Å². The molecular weight excluding hydrogens is 350 g/mol. The first-order valence-electron chi connectivity index (χ1n) is 8.29. The summed E-state index contributed by atoms with van der Waals surface area (Å²) in [4.78, 5) is 24.6. The molecule has 0 saturated heterocycles. The van der Waals surface area contributed by atoms with Crippen LogP contribution in [0.5, 0.6) is 23.0 Å².